The van der Waals surface area contributed by atoms with Crippen LogP contribution in [0.25, 0.3) is 0 Å². The van der Waals surface area contributed by atoms with Crippen LogP contribution in [0, 0.1) is 0 Å². The van der Waals surface area contributed by atoms with E-state index in [0.717, 1.165) is 12.3 Å². The number of aromatic nitrogens is 1. The van der Waals surface area contributed by atoms with Gasteiger partial charge >= 0.3 is 0 Å². The average Bonchev–Trinajstić information content (AvgIpc) is 2.68. The maximum absolute atomic E-state index is 5.37. The smallest absolute Gasteiger partial charge is 0.144 e. The first kappa shape index (κ1) is 9.71. The van der Waals surface area contributed by atoms with E-state index < -0.39 is 0 Å². The van der Waals surface area contributed by atoms with Crippen LogP contribution in [0.15, 0.2) is 10.7 Å². The zero-order valence-electron chi connectivity index (χ0n) is 8.75. The zero-order chi connectivity index (χ0) is 9.80. The fourth-order valence-electron chi connectivity index (χ4n) is 2.29. The van der Waals surface area contributed by atoms with Crippen molar-refractivity contribution in [2.75, 3.05) is 7.05 Å². The van der Waals surface area contributed by atoms with Crippen LogP contribution < -0.4 is 5.32 Å². The van der Waals surface area contributed by atoms with E-state index in [2.05, 4.69) is 10.5 Å². The Morgan fingerprint density at radius 3 is 2.93 bits per heavy atom. The number of hydrogen-bond donors (Lipinski definition) is 1. The van der Waals surface area contributed by atoms with Crippen LogP contribution >= 0.6 is 0 Å². The van der Waals surface area contributed by atoms with Gasteiger partial charge in [0.15, 0.2) is 0 Å². The Labute approximate surface area is 84.9 Å². The van der Waals surface area contributed by atoms with Crippen LogP contribution in [0.1, 0.15) is 49.3 Å². The molecule has 1 heterocycles. The monoisotopic (exact) mass is 194 g/mol. The molecule has 0 unspecified atom stereocenters. The van der Waals surface area contributed by atoms with E-state index in [9.17, 15) is 0 Å². The average molecular weight is 194 g/mol. The summed E-state index contributed by atoms with van der Waals surface area (Å²) in [6, 6.07) is 0. The second-order valence-corrected chi connectivity index (χ2v) is 4.08. The number of hydrogen-bond acceptors (Lipinski definition) is 3. The van der Waals surface area contributed by atoms with Gasteiger partial charge < -0.3 is 9.84 Å². The van der Waals surface area contributed by atoms with E-state index in [4.69, 9.17) is 4.52 Å². The molecule has 78 valence electrons. The van der Waals surface area contributed by atoms with Crippen molar-refractivity contribution in [1.29, 1.82) is 0 Å². The number of rotatable bonds is 3. The largest absolute Gasteiger partial charge is 0.361 e. The van der Waals surface area contributed by atoms with Crippen molar-refractivity contribution < 1.29 is 4.52 Å². The van der Waals surface area contributed by atoms with Crippen LogP contribution in [0.2, 0.25) is 0 Å². The Kier molecular flexibility index (Phi) is 3.19. The summed E-state index contributed by atoms with van der Waals surface area (Å²) in [6.07, 6.45) is 8.44. The van der Waals surface area contributed by atoms with E-state index in [1.165, 1.54) is 37.7 Å². The van der Waals surface area contributed by atoms with Crippen LogP contribution in [0.3, 0.4) is 0 Å². The van der Waals surface area contributed by atoms with Crippen LogP contribution in [-0.2, 0) is 6.54 Å². The SMILES string of the molecule is CNCc1cnoc1C1CCCCC1. The van der Waals surface area contributed by atoms with Crippen molar-refractivity contribution in [3.63, 3.8) is 0 Å². The highest BCUT2D eigenvalue weighted by Gasteiger charge is 2.21. The first-order valence-corrected chi connectivity index (χ1v) is 5.50. The Hall–Kier alpha value is -0.830. The lowest BCUT2D eigenvalue weighted by molar-refractivity contribution is 0.319. The van der Waals surface area contributed by atoms with Gasteiger partial charge in [0.05, 0.1) is 6.20 Å². The van der Waals surface area contributed by atoms with Crippen molar-refractivity contribution in [2.45, 2.75) is 44.6 Å². The van der Waals surface area contributed by atoms with Gasteiger partial charge in [-0.2, -0.15) is 0 Å². The fourth-order valence-corrected chi connectivity index (χ4v) is 2.29. The zero-order valence-corrected chi connectivity index (χ0v) is 8.75. The summed E-state index contributed by atoms with van der Waals surface area (Å²) in [6.45, 7) is 0.870. The number of nitrogens with zero attached hydrogens (tertiary/aromatic N) is 1. The highest BCUT2D eigenvalue weighted by atomic mass is 16.5. The molecule has 0 bridgehead atoms. The van der Waals surface area contributed by atoms with Gasteiger partial charge in [0.1, 0.15) is 5.76 Å². The first-order valence-electron chi connectivity index (χ1n) is 5.50. The van der Waals surface area contributed by atoms with Crippen molar-refractivity contribution in [3.8, 4) is 0 Å². The molecule has 1 aromatic rings. The first-order chi connectivity index (χ1) is 6.92. The molecule has 1 fully saturated rings. The molecule has 3 nitrogen and oxygen atoms in total. The maximum Gasteiger partial charge on any atom is 0.144 e. The molecule has 0 radical (unpaired) electrons. The third kappa shape index (κ3) is 1.98. The molecule has 0 aliphatic heterocycles. The molecule has 2 rings (SSSR count). The molecule has 0 aromatic carbocycles. The van der Waals surface area contributed by atoms with Crippen LogP contribution in [-0.4, -0.2) is 12.2 Å². The maximum atomic E-state index is 5.37. The second kappa shape index (κ2) is 4.60. The molecule has 0 atom stereocenters. The quantitative estimate of drug-likeness (QED) is 0.803. The summed E-state index contributed by atoms with van der Waals surface area (Å²) in [5.74, 6) is 1.74. The minimum Gasteiger partial charge on any atom is -0.361 e. The van der Waals surface area contributed by atoms with E-state index in [1.54, 1.807) is 0 Å². The van der Waals surface area contributed by atoms with E-state index in [-0.39, 0.29) is 0 Å². The molecule has 14 heavy (non-hydrogen) atoms. The lowest BCUT2D eigenvalue weighted by atomic mass is 9.86. The normalized spacial score (nSPS) is 18.6. The fraction of sp³-hybridized carbons (Fsp3) is 0.727. The van der Waals surface area contributed by atoms with Gasteiger partial charge in [0.2, 0.25) is 0 Å². The minimum atomic E-state index is 0.620. The third-order valence-electron chi connectivity index (χ3n) is 3.02. The Morgan fingerprint density at radius 1 is 1.43 bits per heavy atom. The van der Waals surface area contributed by atoms with E-state index in [0.29, 0.717) is 5.92 Å². The topological polar surface area (TPSA) is 38.1 Å². The molecule has 0 amide bonds. The second-order valence-electron chi connectivity index (χ2n) is 4.08. The van der Waals surface area contributed by atoms with Crippen molar-refractivity contribution in [1.82, 2.24) is 10.5 Å². The lowest BCUT2D eigenvalue weighted by Crippen LogP contribution is -2.10. The minimum absolute atomic E-state index is 0.620. The molecule has 3 heteroatoms. The Morgan fingerprint density at radius 2 is 2.21 bits per heavy atom. The van der Waals surface area contributed by atoms with Gasteiger partial charge in [0.25, 0.3) is 0 Å². The molecule has 1 saturated carbocycles. The third-order valence-corrected chi connectivity index (χ3v) is 3.02. The van der Waals surface area contributed by atoms with Crippen LogP contribution in [0.5, 0.6) is 0 Å². The summed E-state index contributed by atoms with van der Waals surface area (Å²) < 4.78 is 5.37. The van der Waals surface area contributed by atoms with Gasteiger partial charge in [0, 0.05) is 18.0 Å². The molecule has 0 saturated heterocycles. The van der Waals surface area contributed by atoms with Crippen molar-refractivity contribution in [3.05, 3.63) is 17.5 Å². The molecular weight excluding hydrogens is 176 g/mol. The Balaban J connectivity index is 2.09. The molecule has 0 spiro atoms. The molecule has 1 aromatic heterocycles. The van der Waals surface area contributed by atoms with Gasteiger partial charge in [-0.3, -0.25) is 0 Å². The highest BCUT2D eigenvalue weighted by Crippen LogP contribution is 2.34. The van der Waals surface area contributed by atoms with Crippen LogP contribution in [0.4, 0.5) is 0 Å². The summed E-state index contributed by atoms with van der Waals surface area (Å²) in [7, 11) is 1.96. The number of nitrogens with one attached hydrogen (secondary N) is 1. The predicted molar refractivity (Wildman–Crippen MR) is 55.1 cm³/mol. The predicted octanol–water partition coefficient (Wildman–Crippen LogP) is 2.44. The molecular formula is C11H18N2O. The van der Waals surface area contributed by atoms with Gasteiger partial charge in [-0.05, 0) is 19.9 Å². The lowest BCUT2D eigenvalue weighted by Gasteiger charge is -2.19. The molecule has 1 N–H and O–H groups in total. The molecule has 1 aliphatic carbocycles. The van der Waals surface area contributed by atoms with E-state index in [1.807, 2.05) is 13.2 Å². The van der Waals surface area contributed by atoms with Gasteiger partial charge in [-0.1, -0.05) is 24.4 Å². The summed E-state index contributed by atoms with van der Waals surface area (Å²) in [5, 5.41) is 7.05. The standard InChI is InChI=1S/C11H18N2O/c1-12-7-10-8-13-14-11(10)9-5-3-2-4-6-9/h8-9,12H,2-7H2,1H3. The summed E-state index contributed by atoms with van der Waals surface area (Å²) >= 11 is 0. The van der Waals surface area contributed by atoms with Crippen molar-refractivity contribution in [2.24, 2.45) is 0 Å². The Bertz CT molecular complexity index is 277. The highest BCUT2D eigenvalue weighted by molar-refractivity contribution is 5.17. The molecule has 1 aliphatic rings. The summed E-state index contributed by atoms with van der Waals surface area (Å²) in [4.78, 5) is 0. The van der Waals surface area contributed by atoms with Crippen molar-refractivity contribution >= 4 is 0 Å². The van der Waals surface area contributed by atoms with Gasteiger partial charge in [-0.15, -0.1) is 0 Å². The van der Waals surface area contributed by atoms with Gasteiger partial charge in [-0.25, -0.2) is 0 Å². The summed E-state index contributed by atoms with van der Waals surface area (Å²) in [5.41, 5.74) is 1.24. The van der Waals surface area contributed by atoms with E-state index >= 15 is 0 Å².